The molecule has 0 aliphatic heterocycles. The lowest BCUT2D eigenvalue weighted by atomic mass is 9.80. The Balaban J connectivity index is 3.14. The summed E-state index contributed by atoms with van der Waals surface area (Å²) >= 11 is 0. The number of aromatic nitrogens is 2. The molecule has 0 saturated carbocycles. The highest BCUT2D eigenvalue weighted by molar-refractivity contribution is 5.35. The summed E-state index contributed by atoms with van der Waals surface area (Å²) in [5, 5.41) is 4.09. The SMILES string of the molecule is CC(c1nn(C)c(N)c1F)C(C)(C)C. The van der Waals surface area contributed by atoms with Crippen LogP contribution in [-0.2, 0) is 7.05 Å². The Hall–Kier alpha value is -1.06. The third kappa shape index (κ3) is 1.74. The number of hydrogen-bond donors (Lipinski definition) is 1. The number of nitrogens with zero attached hydrogens (tertiary/aromatic N) is 2. The number of aryl methyl sites for hydroxylation is 1. The van der Waals surface area contributed by atoms with Crippen LogP contribution in [0.25, 0.3) is 0 Å². The van der Waals surface area contributed by atoms with Crippen LogP contribution in [0.2, 0.25) is 0 Å². The maximum Gasteiger partial charge on any atom is 0.188 e. The van der Waals surface area contributed by atoms with Crippen molar-refractivity contribution >= 4 is 5.82 Å². The molecule has 1 heterocycles. The van der Waals surface area contributed by atoms with Crippen LogP contribution < -0.4 is 5.73 Å². The van der Waals surface area contributed by atoms with Crippen LogP contribution in [0.1, 0.15) is 39.3 Å². The van der Waals surface area contributed by atoms with Crippen molar-refractivity contribution in [2.24, 2.45) is 12.5 Å². The molecule has 1 atom stereocenters. The van der Waals surface area contributed by atoms with Gasteiger partial charge in [-0.05, 0) is 5.41 Å². The molecule has 3 nitrogen and oxygen atoms in total. The molecule has 4 heteroatoms. The molecule has 0 saturated heterocycles. The van der Waals surface area contributed by atoms with Crippen molar-refractivity contribution in [1.29, 1.82) is 0 Å². The van der Waals surface area contributed by atoms with Crippen LogP contribution in [0.15, 0.2) is 0 Å². The highest BCUT2D eigenvalue weighted by atomic mass is 19.1. The second-order valence-electron chi connectivity index (χ2n) is 4.80. The molecule has 1 aromatic heterocycles. The molecule has 0 fully saturated rings. The largest absolute Gasteiger partial charge is 0.381 e. The lowest BCUT2D eigenvalue weighted by Gasteiger charge is -2.25. The zero-order chi connectivity index (χ0) is 11.1. The molecular formula is C10H18FN3. The molecule has 1 rings (SSSR count). The topological polar surface area (TPSA) is 43.8 Å². The molecule has 80 valence electrons. The number of nitrogens with two attached hydrogens (primary N) is 1. The maximum atomic E-state index is 13.6. The molecule has 0 aliphatic rings. The standard InChI is InChI=1S/C10H18FN3/c1-6(10(2,3)4)8-7(11)9(12)14(5)13-8/h6H,12H2,1-5H3. The normalized spacial score (nSPS) is 14.4. The molecule has 2 N–H and O–H groups in total. The van der Waals surface area contributed by atoms with Crippen molar-refractivity contribution in [1.82, 2.24) is 9.78 Å². The lowest BCUT2D eigenvalue weighted by Crippen LogP contribution is -2.17. The quantitative estimate of drug-likeness (QED) is 0.754. The predicted molar refractivity (Wildman–Crippen MR) is 55.4 cm³/mol. The van der Waals surface area contributed by atoms with Gasteiger partial charge < -0.3 is 5.73 Å². The minimum Gasteiger partial charge on any atom is -0.381 e. The first-order valence-electron chi connectivity index (χ1n) is 4.73. The Morgan fingerprint density at radius 1 is 1.43 bits per heavy atom. The Kier molecular flexibility index (Phi) is 2.56. The first-order valence-corrected chi connectivity index (χ1v) is 4.73. The van der Waals surface area contributed by atoms with Crippen LogP contribution in [0.4, 0.5) is 10.2 Å². The minimum absolute atomic E-state index is 0.0123. The van der Waals surface area contributed by atoms with E-state index in [-0.39, 0.29) is 23.0 Å². The average molecular weight is 199 g/mol. The molecule has 0 spiro atoms. The van der Waals surface area contributed by atoms with Gasteiger partial charge in [0.05, 0.1) is 0 Å². The van der Waals surface area contributed by atoms with E-state index >= 15 is 0 Å². The summed E-state index contributed by atoms with van der Waals surface area (Å²) < 4.78 is 15.0. The molecule has 1 unspecified atom stereocenters. The number of rotatable bonds is 1. The third-order valence-corrected chi connectivity index (χ3v) is 2.77. The first-order chi connectivity index (χ1) is 6.25. The lowest BCUT2D eigenvalue weighted by molar-refractivity contribution is 0.325. The Bertz CT molecular complexity index is 336. The van der Waals surface area contributed by atoms with Crippen molar-refractivity contribution in [2.75, 3.05) is 5.73 Å². The minimum atomic E-state index is -0.380. The van der Waals surface area contributed by atoms with E-state index < -0.39 is 0 Å². The highest BCUT2D eigenvalue weighted by Crippen LogP contribution is 2.35. The van der Waals surface area contributed by atoms with Crippen LogP contribution >= 0.6 is 0 Å². The van der Waals surface area contributed by atoms with Gasteiger partial charge in [-0.1, -0.05) is 27.7 Å². The molecule has 0 bridgehead atoms. The molecule has 1 aromatic rings. The van der Waals surface area contributed by atoms with E-state index in [0.717, 1.165) is 0 Å². The zero-order valence-electron chi connectivity index (χ0n) is 9.43. The molecule has 14 heavy (non-hydrogen) atoms. The zero-order valence-corrected chi connectivity index (χ0v) is 9.43. The van der Waals surface area contributed by atoms with E-state index in [2.05, 4.69) is 25.9 Å². The number of hydrogen-bond acceptors (Lipinski definition) is 2. The van der Waals surface area contributed by atoms with E-state index in [9.17, 15) is 4.39 Å². The number of anilines is 1. The van der Waals surface area contributed by atoms with Crippen molar-refractivity contribution < 1.29 is 4.39 Å². The van der Waals surface area contributed by atoms with Crippen molar-refractivity contribution in [2.45, 2.75) is 33.6 Å². The summed E-state index contributed by atoms with van der Waals surface area (Å²) in [6, 6.07) is 0. The van der Waals surface area contributed by atoms with Crippen LogP contribution in [0.3, 0.4) is 0 Å². The van der Waals surface area contributed by atoms with Gasteiger partial charge in [-0.25, -0.2) is 4.39 Å². The second-order valence-corrected chi connectivity index (χ2v) is 4.80. The van der Waals surface area contributed by atoms with Crippen molar-refractivity contribution in [3.63, 3.8) is 0 Å². The molecule has 0 aliphatic carbocycles. The summed E-state index contributed by atoms with van der Waals surface area (Å²) in [5.41, 5.74) is 5.95. The van der Waals surface area contributed by atoms with E-state index in [1.807, 2.05) is 6.92 Å². The average Bonchev–Trinajstić information content (AvgIpc) is 2.30. The van der Waals surface area contributed by atoms with E-state index in [1.54, 1.807) is 7.05 Å². The van der Waals surface area contributed by atoms with Gasteiger partial charge in [-0.3, -0.25) is 4.68 Å². The van der Waals surface area contributed by atoms with Crippen LogP contribution in [0, 0.1) is 11.2 Å². The van der Waals surface area contributed by atoms with Crippen molar-refractivity contribution in [3.05, 3.63) is 11.5 Å². The summed E-state index contributed by atoms with van der Waals surface area (Å²) in [7, 11) is 1.65. The van der Waals surface area contributed by atoms with Gasteiger partial charge in [0.1, 0.15) is 5.69 Å². The van der Waals surface area contributed by atoms with Gasteiger partial charge in [0.2, 0.25) is 0 Å². The fraction of sp³-hybridized carbons (Fsp3) is 0.700. The number of halogens is 1. The Labute approximate surface area is 84.1 Å². The molecule has 0 aromatic carbocycles. The first kappa shape index (κ1) is 11.0. The molecule has 0 amide bonds. The van der Waals surface area contributed by atoms with Gasteiger partial charge in [0.15, 0.2) is 11.6 Å². The van der Waals surface area contributed by atoms with Gasteiger partial charge in [-0.15, -0.1) is 0 Å². The molecular weight excluding hydrogens is 181 g/mol. The fourth-order valence-corrected chi connectivity index (χ4v) is 1.22. The number of nitrogen functional groups attached to an aromatic ring is 1. The summed E-state index contributed by atoms with van der Waals surface area (Å²) in [6.45, 7) is 8.14. The molecule has 0 radical (unpaired) electrons. The van der Waals surface area contributed by atoms with Crippen LogP contribution in [-0.4, -0.2) is 9.78 Å². The van der Waals surface area contributed by atoms with Gasteiger partial charge in [0.25, 0.3) is 0 Å². The van der Waals surface area contributed by atoms with Crippen molar-refractivity contribution in [3.8, 4) is 0 Å². The van der Waals surface area contributed by atoms with Gasteiger partial charge in [-0.2, -0.15) is 5.10 Å². The maximum absolute atomic E-state index is 13.6. The Morgan fingerprint density at radius 2 is 1.93 bits per heavy atom. The van der Waals surface area contributed by atoms with Gasteiger partial charge >= 0.3 is 0 Å². The predicted octanol–water partition coefficient (Wildman–Crippen LogP) is 2.29. The monoisotopic (exact) mass is 199 g/mol. The smallest absolute Gasteiger partial charge is 0.188 e. The summed E-state index contributed by atoms with van der Waals surface area (Å²) in [6.07, 6.45) is 0. The summed E-state index contributed by atoms with van der Waals surface area (Å²) in [4.78, 5) is 0. The van der Waals surface area contributed by atoms with Gasteiger partial charge in [0, 0.05) is 13.0 Å². The van der Waals surface area contributed by atoms with E-state index in [1.165, 1.54) is 4.68 Å². The Morgan fingerprint density at radius 3 is 2.21 bits per heavy atom. The third-order valence-electron chi connectivity index (χ3n) is 2.77. The van der Waals surface area contributed by atoms with Crippen LogP contribution in [0.5, 0.6) is 0 Å². The summed E-state index contributed by atoms with van der Waals surface area (Å²) in [5.74, 6) is -0.225. The van der Waals surface area contributed by atoms with E-state index in [4.69, 9.17) is 5.73 Å². The second kappa shape index (κ2) is 3.26. The van der Waals surface area contributed by atoms with E-state index in [0.29, 0.717) is 5.69 Å². The fourth-order valence-electron chi connectivity index (χ4n) is 1.22. The highest BCUT2D eigenvalue weighted by Gasteiger charge is 2.28.